The molecule has 5 rings (SSSR count). The van der Waals surface area contributed by atoms with E-state index < -0.39 is 0 Å². The van der Waals surface area contributed by atoms with Crippen LogP contribution in [0.5, 0.6) is 0 Å². The third kappa shape index (κ3) is 5.57. The number of hydrogen-bond acceptors (Lipinski definition) is 8. The van der Waals surface area contributed by atoms with Crippen LogP contribution < -0.4 is 15.5 Å². The number of amides is 2. The van der Waals surface area contributed by atoms with Crippen molar-refractivity contribution in [1.29, 1.82) is 0 Å². The van der Waals surface area contributed by atoms with Crippen molar-refractivity contribution in [3.8, 4) is 11.4 Å². The molecule has 1 unspecified atom stereocenters. The van der Waals surface area contributed by atoms with Crippen molar-refractivity contribution in [3.63, 3.8) is 0 Å². The van der Waals surface area contributed by atoms with Crippen molar-refractivity contribution in [2.24, 2.45) is 0 Å². The lowest BCUT2D eigenvalue weighted by atomic mass is 9.84. The van der Waals surface area contributed by atoms with Gasteiger partial charge in [0.05, 0.1) is 31.1 Å². The zero-order valence-electron chi connectivity index (χ0n) is 21.9. The summed E-state index contributed by atoms with van der Waals surface area (Å²) in [7, 11) is 0. The average Bonchev–Trinajstić information content (AvgIpc) is 3.51. The summed E-state index contributed by atoms with van der Waals surface area (Å²) in [4.78, 5) is 36.8. The Morgan fingerprint density at radius 2 is 1.95 bits per heavy atom. The number of hydrogen-bond donors (Lipinski definition) is 3. The summed E-state index contributed by atoms with van der Waals surface area (Å²) >= 11 is 1.31. The van der Waals surface area contributed by atoms with Gasteiger partial charge in [0.2, 0.25) is 5.91 Å². The number of aliphatic hydroxyl groups excluding tert-OH is 1. The molecule has 2 amide bonds. The van der Waals surface area contributed by atoms with Gasteiger partial charge in [-0.05, 0) is 62.1 Å². The highest BCUT2D eigenvalue weighted by Gasteiger charge is 2.34. The lowest BCUT2D eigenvalue weighted by Crippen LogP contribution is -2.45. The van der Waals surface area contributed by atoms with Gasteiger partial charge in [0.25, 0.3) is 5.91 Å². The van der Waals surface area contributed by atoms with E-state index in [4.69, 9.17) is 9.72 Å². The van der Waals surface area contributed by atoms with Crippen LogP contribution in [0.25, 0.3) is 11.4 Å². The van der Waals surface area contributed by atoms with Gasteiger partial charge in [-0.25, -0.2) is 9.97 Å². The fraction of sp³-hybridized carbons (Fsp3) is 0.429. The Labute approximate surface area is 226 Å². The molecule has 0 bridgehead atoms. The van der Waals surface area contributed by atoms with Crippen LogP contribution in [0.4, 0.5) is 10.9 Å². The van der Waals surface area contributed by atoms with Crippen molar-refractivity contribution < 1.29 is 19.4 Å². The van der Waals surface area contributed by atoms with E-state index in [2.05, 4.69) is 34.4 Å². The smallest absolute Gasteiger partial charge is 0.251 e. The molecule has 2 aliphatic rings. The van der Waals surface area contributed by atoms with Gasteiger partial charge in [0.15, 0.2) is 5.13 Å². The fourth-order valence-corrected chi connectivity index (χ4v) is 5.91. The fourth-order valence-electron chi connectivity index (χ4n) is 5.19. The lowest BCUT2D eigenvalue weighted by Gasteiger charge is -2.36. The molecule has 1 fully saturated rings. The first-order valence-electron chi connectivity index (χ1n) is 12.9. The van der Waals surface area contributed by atoms with E-state index in [1.54, 1.807) is 6.07 Å². The Kier molecular flexibility index (Phi) is 7.47. The van der Waals surface area contributed by atoms with Crippen LogP contribution in [0.15, 0.2) is 41.8 Å². The molecule has 3 aromatic rings. The summed E-state index contributed by atoms with van der Waals surface area (Å²) in [5.41, 5.74) is 3.71. The minimum atomic E-state index is -0.362. The summed E-state index contributed by atoms with van der Waals surface area (Å²) in [5, 5.41) is 17.5. The SMILES string of the molecule is C[C@@H]1CN(c2cccc(-c3csc(NC(=O)CNC(=O)c4ccc5c(c4)C(C)(CO)CC5)n3)n2)C[C@H](C)O1. The van der Waals surface area contributed by atoms with Crippen molar-refractivity contribution in [1.82, 2.24) is 15.3 Å². The van der Waals surface area contributed by atoms with E-state index in [1.807, 2.05) is 42.6 Å². The largest absolute Gasteiger partial charge is 0.395 e. The summed E-state index contributed by atoms with van der Waals surface area (Å²) < 4.78 is 5.83. The number of fused-ring (bicyclic) bond motifs is 1. The third-order valence-electron chi connectivity index (χ3n) is 7.22. The second kappa shape index (κ2) is 10.8. The maximum Gasteiger partial charge on any atom is 0.251 e. The maximum absolute atomic E-state index is 12.7. The molecule has 3 atom stereocenters. The van der Waals surface area contributed by atoms with Gasteiger partial charge < -0.3 is 25.4 Å². The van der Waals surface area contributed by atoms with Gasteiger partial charge in [0.1, 0.15) is 11.5 Å². The number of rotatable bonds is 7. The van der Waals surface area contributed by atoms with Gasteiger partial charge in [-0.2, -0.15) is 0 Å². The highest BCUT2D eigenvalue weighted by atomic mass is 32.1. The molecular formula is C28H33N5O4S. The Balaban J connectivity index is 1.18. The van der Waals surface area contributed by atoms with Gasteiger partial charge >= 0.3 is 0 Å². The monoisotopic (exact) mass is 535 g/mol. The van der Waals surface area contributed by atoms with Crippen molar-refractivity contribution in [2.75, 3.05) is 36.5 Å². The number of carbonyl (C=O) groups excluding carboxylic acids is 2. The molecular weight excluding hydrogens is 502 g/mol. The van der Waals surface area contributed by atoms with Gasteiger partial charge in [-0.3, -0.25) is 9.59 Å². The number of thiazole rings is 1. The van der Waals surface area contributed by atoms with E-state index in [1.165, 1.54) is 11.3 Å². The lowest BCUT2D eigenvalue weighted by molar-refractivity contribution is -0.115. The minimum absolute atomic E-state index is 0.0364. The maximum atomic E-state index is 12.7. The first-order valence-corrected chi connectivity index (χ1v) is 13.8. The Bertz CT molecular complexity index is 1330. The van der Waals surface area contributed by atoms with Crippen LogP contribution in [-0.4, -0.2) is 65.3 Å². The number of nitrogens with one attached hydrogen (secondary N) is 2. The number of ether oxygens (including phenoxy) is 1. The highest BCUT2D eigenvalue weighted by Crippen LogP contribution is 2.38. The zero-order valence-corrected chi connectivity index (χ0v) is 22.7. The van der Waals surface area contributed by atoms with Crippen molar-refractivity contribution in [3.05, 3.63) is 58.5 Å². The topological polar surface area (TPSA) is 117 Å². The van der Waals surface area contributed by atoms with Crippen molar-refractivity contribution in [2.45, 2.75) is 51.2 Å². The molecule has 1 aromatic carbocycles. The number of benzene rings is 1. The molecule has 1 aliphatic carbocycles. The molecule has 10 heteroatoms. The van der Waals surface area contributed by atoms with E-state index in [0.29, 0.717) is 16.4 Å². The van der Waals surface area contributed by atoms with Gasteiger partial charge in [-0.1, -0.05) is 19.1 Å². The number of anilines is 2. The van der Waals surface area contributed by atoms with Crippen LogP contribution in [0.3, 0.4) is 0 Å². The van der Waals surface area contributed by atoms with Gasteiger partial charge in [-0.15, -0.1) is 11.3 Å². The van der Waals surface area contributed by atoms with Gasteiger partial charge in [0, 0.05) is 29.4 Å². The average molecular weight is 536 g/mol. The quantitative estimate of drug-likeness (QED) is 0.425. The number of morpholine rings is 1. The molecule has 0 radical (unpaired) electrons. The third-order valence-corrected chi connectivity index (χ3v) is 7.98. The van der Waals surface area contributed by atoms with Crippen molar-refractivity contribution >= 4 is 34.1 Å². The molecule has 0 saturated carbocycles. The second-order valence-corrected chi connectivity index (χ2v) is 11.3. The molecule has 200 valence electrons. The number of nitrogens with zero attached hydrogens (tertiary/aromatic N) is 3. The van der Waals surface area contributed by atoms with E-state index in [0.717, 1.165) is 48.6 Å². The number of aliphatic hydroxyl groups is 1. The second-order valence-electron chi connectivity index (χ2n) is 10.4. The van der Waals surface area contributed by atoms with Crippen LogP contribution in [0.2, 0.25) is 0 Å². The van der Waals surface area contributed by atoms with E-state index >= 15 is 0 Å². The first-order chi connectivity index (χ1) is 18.2. The standard InChI is InChI=1S/C28H33N5O4S/c1-17-13-33(14-18(2)37-17)24-6-4-5-22(30-24)23-15-38-27(31-23)32-25(35)12-29-26(36)20-8-7-19-9-10-28(3,16-34)21(19)11-20/h4-8,11,15,17-18,34H,9-10,12-14,16H2,1-3H3,(H,29,36)(H,31,32,35)/t17-,18+,28?. The van der Waals surface area contributed by atoms with E-state index in [-0.39, 0.29) is 42.6 Å². The Morgan fingerprint density at radius 1 is 1.16 bits per heavy atom. The summed E-state index contributed by atoms with van der Waals surface area (Å²) in [6, 6.07) is 11.4. The normalized spacial score (nSPS) is 22.7. The molecule has 3 heterocycles. The molecule has 1 aliphatic heterocycles. The summed E-state index contributed by atoms with van der Waals surface area (Å²) in [6.45, 7) is 7.53. The highest BCUT2D eigenvalue weighted by molar-refractivity contribution is 7.14. The van der Waals surface area contributed by atoms with Crippen LogP contribution >= 0.6 is 11.3 Å². The summed E-state index contributed by atoms with van der Waals surface area (Å²) in [6.07, 6.45) is 2.01. The van der Waals surface area contributed by atoms with Crippen LogP contribution in [-0.2, 0) is 21.4 Å². The summed E-state index contributed by atoms with van der Waals surface area (Å²) in [5.74, 6) is 0.179. The number of aryl methyl sites for hydroxylation is 1. The number of pyridine rings is 1. The predicted octanol–water partition coefficient (Wildman–Crippen LogP) is 3.38. The molecule has 3 N–H and O–H groups in total. The molecule has 0 spiro atoms. The Hall–Kier alpha value is -3.34. The minimum Gasteiger partial charge on any atom is -0.395 e. The molecule has 9 nitrogen and oxygen atoms in total. The first kappa shape index (κ1) is 26.3. The predicted molar refractivity (Wildman–Crippen MR) is 148 cm³/mol. The molecule has 1 saturated heterocycles. The Morgan fingerprint density at radius 3 is 2.71 bits per heavy atom. The van der Waals surface area contributed by atoms with Crippen LogP contribution in [0.1, 0.15) is 48.7 Å². The zero-order chi connectivity index (χ0) is 26.9. The molecule has 38 heavy (non-hydrogen) atoms. The van der Waals surface area contributed by atoms with Crippen LogP contribution in [0, 0.1) is 0 Å². The molecule has 2 aromatic heterocycles. The van der Waals surface area contributed by atoms with E-state index in [9.17, 15) is 14.7 Å². The number of carbonyl (C=O) groups is 2. The number of aromatic nitrogens is 2.